The number of halogens is 1. The van der Waals surface area contributed by atoms with E-state index in [0.29, 0.717) is 29.2 Å². The molecule has 0 bridgehead atoms. The summed E-state index contributed by atoms with van der Waals surface area (Å²) in [6.07, 6.45) is 2.50. The summed E-state index contributed by atoms with van der Waals surface area (Å²) >= 11 is 7.44. The Hall–Kier alpha value is -2.48. The first-order chi connectivity index (χ1) is 14.4. The number of para-hydroxylation sites is 1. The van der Waals surface area contributed by atoms with Crippen LogP contribution < -0.4 is 9.62 Å². The second-order valence-corrected chi connectivity index (χ2v) is 9.93. The maximum absolute atomic E-state index is 13.0. The van der Waals surface area contributed by atoms with E-state index >= 15 is 0 Å². The normalized spacial score (nSPS) is 13.2. The Kier molecular flexibility index (Phi) is 5.77. The summed E-state index contributed by atoms with van der Waals surface area (Å²) in [5.74, 6) is -0.224. The van der Waals surface area contributed by atoms with E-state index in [4.69, 9.17) is 11.6 Å². The molecule has 0 atom stereocenters. The number of rotatable bonds is 5. The highest BCUT2D eigenvalue weighted by molar-refractivity contribution is 7.98. The molecule has 0 saturated carbocycles. The molecule has 5 nitrogen and oxygen atoms in total. The quantitative estimate of drug-likeness (QED) is 0.542. The number of fused-ring (bicyclic) bond motifs is 1. The Morgan fingerprint density at radius 3 is 2.53 bits per heavy atom. The van der Waals surface area contributed by atoms with Crippen molar-refractivity contribution in [1.29, 1.82) is 0 Å². The molecular weight excluding hydrogens is 440 g/mol. The van der Waals surface area contributed by atoms with Gasteiger partial charge in [0.2, 0.25) is 0 Å². The summed E-state index contributed by atoms with van der Waals surface area (Å²) in [5, 5.41) is 3.42. The fourth-order valence-corrected chi connectivity index (χ4v) is 5.62. The molecule has 1 amide bonds. The molecule has 0 spiro atoms. The molecule has 1 heterocycles. The van der Waals surface area contributed by atoms with Gasteiger partial charge in [0.05, 0.1) is 16.3 Å². The maximum atomic E-state index is 13.0. The Balaban J connectivity index is 1.59. The van der Waals surface area contributed by atoms with E-state index in [1.807, 2.05) is 30.5 Å². The number of sulfonamides is 1. The number of hydrogen-bond donors (Lipinski definition) is 1. The summed E-state index contributed by atoms with van der Waals surface area (Å²) < 4.78 is 27.5. The molecule has 3 aromatic rings. The van der Waals surface area contributed by atoms with Gasteiger partial charge in [0.25, 0.3) is 15.9 Å². The van der Waals surface area contributed by atoms with Crippen molar-refractivity contribution in [3.63, 3.8) is 0 Å². The number of thioether (sulfide) groups is 1. The van der Waals surface area contributed by atoms with Crippen molar-refractivity contribution in [2.75, 3.05) is 22.4 Å². The van der Waals surface area contributed by atoms with Crippen LogP contribution in [0.15, 0.2) is 76.5 Å². The molecule has 4 rings (SSSR count). The smallest absolute Gasteiger partial charge is 0.264 e. The van der Waals surface area contributed by atoms with E-state index < -0.39 is 10.0 Å². The molecule has 1 aliphatic heterocycles. The Morgan fingerprint density at radius 1 is 1.07 bits per heavy atom. The number of carbonyl (C=O) groups is 1. The molecule has 0 aliphatic carbocycles. The predicted molar refractivity (Wildman–Crippen MR) is 122 cm³/mol. The molecule has 1 N–H and O–H groups in total. The van der Waals surface area contributed by atoms with E-state index in [1.54, 1.807) is 42.1 Å². The molecule has 0 saturated heterocycles. The molecular formula is C22H19ClN2O3S2. The van der Waals surface area contributed by atoms with Crippen molar-refractivity contribution in [3.8, 4) is 0 Å². The van der Waals surface area contributed by atoms with E-state index in [-0.39, 0.29) is 10.8 Å². The lowest BCUT2D eigenvalue weighted by molar-refractivity contribution is 0.102. The van der Waals surface area contributed by atoms with Gasteiger partial charge in [-0.3, -0.25) is 9.10 Å². The minimum Gasteiger partial charge on any atom is -0.321 e. The van der Waals surface area contributed by atoms with Gasteiger partial charge in [0.1, 0.15) is 0 Å². The third-order valence-electron chi connectivity index (χ3n) is 4.95. The van der Waals surface area contributed by atoms with E-state index in [1.165, 1.54) is 16.4 Å². The minimum atomic E-state index is -3.69. The van der Waals surface area contributed by atoms with E-state index in [2.05, 4.69) is 5.32 Å². The van der Waals surface area contributed by atoms with Crippen LogP contribution >= 0.6 is 23.4 Å². The number of hydrogen-bond acceptors (Lipinski definition) is 4. The summed E-state index contributed by atoms with van der Waals surface area (Å²) in [6, 6.07) is 18.8. The molecule has 0 fully saturated rings. The zero-order valence-electron chi connectivity index (χ0n) is 16.1. The van der Waals surface area contributed by atoms with Gasteiger partial charge in [-0.05, 0) is 72.8 Å². The van der Waals surface area contributed by atoms with Crippen LogP contribution in [-0.2, 0) is 16.4 Å². The lowest BCUT2D eigenvalue weighted by atomic mass is 10.1. The Bertz CT molecular complexity index is 1210. The highest BCUT2D eigenvalue weighted by Crippen LogP contribution is 2.34. The van der Waals surface area contributed by atoms with Gasteiger partial charge >= 0.3 is 0 Å². The van der Waals surface area contributed by atoms with Gasteiger partial charge < -0.3 is 5.32 Å². The van der Waals surface area contributed by atoms with Gasteiger partial charge in [-0.15, -0.1) is 11.8 Å². The van der Waals surface area contributed by atoms with Gasteiger partial charge in [-0.1, -0.05) is 23.7 Å². The number of carbonyl (C=O) groups excluding carboxylic acids is 1. The maximum Gasteiger partial charge on any atom is 0.264 e. The molecule has 0 radical (unpaired) electrons. The molecule has 3 aromatic carbocycles. The number of nitrogens with one attached hydrogen (secondary N) is 1. The zero-order chi connectivity index (χ0) is 21.3. The molecule has 0 aromatic heterocycles. The van der Waals surface area contributed by atoms with Crippen molar-refractivity contribution in [3.05, 3.63) is 82.9 Å². The lowest BCUT2D eigenvalue weighted by Gasteiger charge is -2.20. The largest absolute Gasteiger partial charge is 0.321 e. The van der Waals surface area contributed by atoms with Crippen LogP contribution in [0.25, 0.3) is 0 Å². The monoisotopic (exact) mass is 458 g/mol. The van der Waals surface area contributed by atoms with Crippen LogP contribution in [0.1, 0.15) is 15.9 Å². The summed E-state index contributed by atoms with van der Waals surface area (Å²) in [5.41, 5.74) is 2.68. The molecule has 154 valence electrons. The van der Waals surface area contributed by atoms with Crippen molar-refractivity contribution in [1.82, 2.24) is 0 Å². The standard InChI is InChI=1S/C22H19ClN2O3S2/c1-29-21-5-3-2-4-19(21)24-22(26)16-6-11-20-15(14-16)12-13-25(20)30(27,28)18-9-7-17(23)8-10-18/h2-11,14H,12-13H2,1H3,(H,24,26). The predicted octanol–water partition coefficient (Wildman–Crippen LogP) is 5.07. The number of amides is 1. The fourth-order valence-electron chi connectivity index (χ4n) is 3.44. The zero-order valence-corrected chi connectivity index (χ0v) is 18.5. The van der Waals surface area contributed by atoms with E-state index in [0.717, 1.165) is 16.1 Å². The van der Waals surface area contributed by atoms with Gasteiger partial charge in [0, 0.05) is 22.0 Å². The van der Waals surface area contributed by atoms with Crippen LogP contribution in [-0.4, -0.2) is 27.1 Å². The second kappa shape index (κ2) is 8.34. The van der Waals surface area contributed by atoms with Crippen LogP contribution in [0.4, 0.5) is 11.4 Å². The number of benzene rings is 3. The fraction of sp³-hybridized carbons (Fsp3) is 0.136. The molecule has 30 heavy (non-hydrogen) atoms. The van der Waals surface area contributed by atoms with Crippen LogP contribution in [0.2, 0.25) is 5.02 Å². The van der Waals surface area contributed by atoms with Gasteiger partial charge in [-0.25, -0.2) is 8.42 Å². The average molecular weight is 459 g/mol. The summed E-state index contributed by atoms with van der Waals surface area (Å²) in [6.45, 7) is 0.334. The first-order valence-electron chi connectivity index (χ1n) is 9.26. The summed E-state index contributed by atoms with van der Waals surface area (Å²) in [4.78, 5) is 13.9. The minimum absolute atomic E-state index is 0.190. The average Bonchev–Trinajstić information content (AvgIpc) is 3.18. The number of anilines is 2. The lowest BCUT2D eigenvalue weighted by Crippen LogP contribution is -2.29. The molecule has 0 unspecified atom stereocenters. The first kappa shape index (κ1) is 20.8. The van der Waals surface area contributed by atoms with Crippen molar-refractivity contribution < 1.29 is 13.2 Å². The van der Waals surface area contributed by atoms with Crippen molar-refractivity contribution in [2.24, 2.45) is 0 Å². The van der Waals surface area contributed by atoms with Crippen molar-refractivity contribution in [2.45, 2.75) is 16.2 Å². The highest BCUT2D eigenvalue weighted by Gasteiger charge is 2.31. The summed E-state index contributed by atoms with van der Waals surface area (Å²) in [7, 11) is -3.69. The van der Waals surface area contributed by atoms with E-state index in [9.17, 15) is 13.2 Å². The third kappa shape index (κ3) is 3.93. The van der Waals surface area contributed by atoms with Gasteiger partial charge in [-0.2, -0.15) is 0 Å². The number of nitrogens with zero attached hydrogens (tertiary/aromatic N) is 1. The van der Waals surface area contributed by atoms with Crippen LogP contribution in [0.5, 0.6) is 0 Å². The highest BCUT2D eigenvalue weighted by atomic mass is 35.5. The molecule has 8 heteroatoms. The second-order valence-electron chi connectivity index (χ2n) is 6.78. The molecule has 1 aliphatic rings. The van der Waals surface area contributed by atoms with Crippen molar-refractivity contribution >= 4 is 50.7 Å². The van der Waals surface area contributed by atoms with Crippen LogP contribution in [0, 0.1) is 0 Å². The van der Waals surface area contributed by atoms with Crippen LogP contribution in [0.3, 0.4) is 0 Å². The SMILES string of the molecule is CSc1ccccc1NC(=O)c1ccc2c(c1)CCN2S(=O)(=O)c1ccc(Cl)cc1. The Labute approximate surface area is 185 Å². The topological polar surface area (TPSA) is 66.5 Å². The van der Waals surface area contributed by atoms with Gasteiger partial charge in [0.15, 0.2) is 0 Å². The Morgan fingerprint density at radius 2 is 1.80 bits per heavy atom. The third-order valence-corrected chi connectivity index (χ3v) is 7.83. The first-order valence-corrected chi connectivity index (χ1v) is 12.3.